The van der Waals surface area contributed by atoms with E-state index in [1.165, 1.54) is 12.6 Å². The van der Waals surface area contributed by atoms with Gasteiger partial charge in [0.15, 0.2) is 5.96 Å². The van der Waals surface area contributed by atoms with E-state index in [4.69, 9.17) is 0 Å². The molecule has 0 saturated heterocycles. The smallest absolute Gasteiger partial charge is 0.215 e. The summed E-state index contributed by atoms with van der Waals surface area (Å²) in [5.74, 6) is 0.703. The van der Waals surface area contributed by atoms with Crippen molar-refractivity contribution in [3.63, 3.8) is 0 Å². The minimum absolute atomic E-state index is 0.0371. The van der Waals surface area contributed by atoms with Gasteiger partial charge < -0.3 is 10.6 Å². The predicted molar refractivity (Wildman–Crippen MR) is 120 cm³/mol. The number of nitrogens with zero attached hydrogens (tertiary/aromatic N) is 1. The molecule has 0 atom stereocenters. The summed E-state index contributed by atoms with van der Waals surface area (Å²) in [5.41, 5.74) is 2.93. The zero-order chi connectivity index (χ0) is 21.3. The lowest BCUT2D eigenvalue weighted by molar-refractivity contribution is 0.508. The first-order valence-corrected chi connectivity index (χ1v) is 11.5. The van der Waals surface area contributed by atoms with Crippen LogP contribution in [0.15, 0.2) is 59.6 Å². The number of hydrogen-bond donors (Lipinski definition) is 3. The number of guanidine groups is 1. The van der Waals surface area contributed by atoms with E-state index in [2.05, 4.69) is 58.5 Å². The first-order valence-electron chi connectivity index (χ1n) is 9.82. The molecule has 7 heteroatoms. The summed E-state index contributed by atoms with van der Waals surface area (Å²) in [6.07, 6.45) is 0. The van der Waals surface area contributed by atoms with Crippen molar-refractivity contribution in [3.05, 3.63) is 71.3 Å². The highest BCUT2D eigenvalue weighted by atomic mass is 32.2. The van der Waals surface area contributed by atoms with Crippen LogP contribution in [0, 0.1) is 0 Å². The van der Waals surface area contributed by atoms with Crippen LogP contribution in [0.5, 0.6) is 0 Å². The van der Waals surface area contributed by atoms with Crippen LogP contribution in [0.1, 0.15) is 37.5 Å². The van der Waals surface area contributed by atoms with Crippen molar-refractivity contribution < 1.29 is 8.42 Å². The molecule has 0 radical (unpaired) electrons. The fourth-order valence-corrected chi connectivity index (χ4v) is 3.68. The molecule has 0 spiro atoms. The third-order valence-electron chi connectivity index (χ3n) is 4.68. The van der Waals surface area contributed by atoms with Crippen molar-refractivity contribution in [1.29, 1.82) is 0 Å². The second kappa shape index (κ2) is 10.4. The molecule has 0 amide bonds. The van der Waals surface area contributed by atoms with Crippen LogP contribution < -0.4 is 15.4 Å². The van der Waals surface area contributed by atoms with Gasteiger partial charge in [-0.3, -0.25) is 0 Å². The molecule has 0 heterocycles. The number of rotatable bonds is 9. The number of aliphatic imine (C=N–C) groups is 1. The van der Waals surface area contributed by atoms with Crippen LogP contribution in [-0.2, 0) is 27.7 Å². The molecule has 0 aliphatic heterocycles. The Hall–Kier alpha value is -2.38. The maximum Gasteiger partial charge on any atom is 0.215 e. The lowest BCUT2D eigenvalue weighted by Gasteiger charge is -2.26. The minimum Gasteiger partial charge on any atom is -0.357 e. The van der Waals surface area contributed by atoms with Gasteiger partial charge in [-0.2, -0.15) is 0 Å². The molecule has 2 rings (SSSR count). The van der Waals surface area contributed by atoms with E-state index in [1.54, 1.807) is 0 Å². The van der Waals surface area contributed by atoms with Crippen LogP contribution >= 0.6 is 0 Å². The minimum atomic E-state index is -3.29. The molecule has 2 aromatic rings. The summed E-state index contributed by atoms with van der Waals surface area (Å²) < 4.78 is 25.9. The highest BCUT2D eigenvalue weighted by molar-refractivity contribution is 7.88. The summed E-state index contributed by atoms with van der Waals surface area (Å²) in [6, 6.07) is 17.9. The maximum absolute atomic E-state index is 11.8. The molecular weight excluding hydrogens is 384 g/mol. The number of nitrogens with one attached hydrogen (secondary N) is 3. The highest BCUT2D eigenvalue weighted by Gasteiger charge is 2.20. The molecule has 0 aliphatic rings. The molecule has 2 aromatic carbocycles. The SMILES string of the molecule is CCNC(=NCc1cccc(CS(=O)(=O)NC)c1)NCC(C)(C)c1ccccc1. The molecule has 0 fully saturated rings. The summed E-state index contributed by atoms with van der Waals surface area (Å²) in [6.45, 7) is 8.40. The fraction of sp³-hybridized carbons (Fsp3) is 0.409. The average Bonchev–Trinajstić information content (AvgIpc) is 2.71. The van der Waals surface area contributed by atoms with Crippen LogP contribution in [0.2, 0.25) is 0 Å². The van der Waals surface area contributed by atoms with E-state index in [1.807, 2.05) is 37.3 Å². The molecule has 0 aliphatic carbocycles. The first-order chi connectivity index (χ1) is 13.8. The molecule has 0 aromatic heterocycles. The van der Waals surface area contributed by atoms with E-state index >= 15 is 0 Å². The predicted octanol–water partition coefficient (Wildman–Crippen LogP) is 2.77. The maximum atomic E-state index is 11.8. The zero-order valence-corrected chi connectivity index (χ0v) is 18.5. The zero-order valence-electron chi connectivity index (χ0n) is 17.7. The van der Waals surface area contributed by atoms with Crippen molar-refractivity contribution in [2.45, 2.75) is 38.5 Å². The Morgan fingerprint density at radius 2 is 1.69 bits per heavy atom. The molecular formula is C22H32N4O2S. The van der Waals surface area contributed by atoms with Crippen LogP contribution in [0.3, 0.4) is 0 Å². The Kier molecular flexibility index (Phi) is 8.22. The number of sulfonamides is 1. The van der Waals surface area contributed by atoms with Gasteiger partial charge in [-0.1, -0.05) is 68.4 Å². The van der Waals surface area contributed by atoms with Crippen LogP contribution in [0.4, 0.5) is 0 Å². The topological polar surface area (TPSA) is 82.6 Å². The summed E-state index contributed by atoms with van der Waals surface area (Å²) >= 11 is 0. The Bertz CT molecular complexity index is 909. The van der Waals surface area contributed by atoms with Crippen molar-refractivity contribution in [2.75, 3.05) is 20.1 Å². The Balaban J connectivity index is 2.05. The van der Waals surface area contributed by atoms with Crippen molar-refractivity contribution in [2.24, 2.45) is 4.99 Å². The number of benzene rings is 2. The summed E-state index contributed by atoms with van der Waals surface area (Å²) in [5, 5.41) is 6.70. The van der Waals surface area contributed by atoms with Gasteiger partial charge in [0.25, 0.3) is 0 Å². The van der Waals surface area contributed by atoms with Gasteiger partial charge in [0.1, 0.15) is 0 Å². The Morgan fingerprint density at radius 1 is 1.00 bits per heavy atom. The van der Waals surface area contributed by atoms with Gasteiger partial charge in [0, 0.05) is 18.5 Å². The molecule has 6 nitrogen and oxygen atoms in total. The van der Waals surface area contributed by atoms with E-state index < -0.39 is 10.0 Å². The molecule has 0 unspecified atom stereocenters. The first kappa shape index (κ1) is 22.9. The normalized spacial score (nSPS) is 12.6. The number of hydrogen-bond acceptors (Lipinski definition) is 3. The molecule has 158 valence electrons. The summed E-state index contributed by atoms with van der Waals surface area (Å²) in [4.78, 5) is 4.67. The van der Waals surface area contributed by atoms with E-state index in [0.29, 0.717) is 6.54 Å². The van der Waals surface area contributed by atoms with Gasteiger partial charge >= 0.3 is 0 Å². The lowest BCUT2D eigenvalue weighted by Crippen LogP contribution is -2.43. The standard InChI is InChI=1S/C22H32N4O2S/c1-5-24-21(26-17-22(2,3)20-12-7-6-8-13-20)25-15-18-10-9-11-19(14-18)16-29(27,28)23-4/h6-14,23H,5,15-17H2,1-4H3,(H2,24,25,26). The molecule has 0 saturated carbocycles. The van der Waals surface area contributed by atoms with Crippen LogP contribution in [-0.4, -0.2) is 34.5 Å². The van der Waals surface area contributed by atoms with Gasteiger partial charge in [0.2, 0.25) is 10.0 Å². The average molecular weight is 417 g/mol. The van der Waals surface area contributed by atoms with Gasteiger partial charge in [0.05, 0.1) is 12.3 Å². The van der Waals surface area contributed by atoms with Crippen molar-refractivity contribution in [3.8, 4) is 0 Å². The van der Waals surface area contributed by atoms with Gasteiger partial charge in [-0.05, 0) is 30.7 Å². The second-order valence-electron chi connectivity index (χ2n) is 7.58. The quantitative estimate of drug-likeness (QED) is 0.434. The highest BCUT2D eigenvalue weighted by Crippen LogP contribution is 2.21. The van der Waals surface area contributed by atoms with E-state index in [9.17, 15) is 8.42 Å². The van der Waals surface area contributed by atoms with E-state index in [0.717, 1.165) is 30.2 Å². The molecule has 0 bridgehead atoms. The third-order valence-corrected chi connectivity index (χ3v) is 6.01. The fourth-order valence-electron chi connectivity index (χ4n) is 2.92. The van der Waals surface area contributed by atoms with E-state index in [-0.39, 0.29) is 11.2 Å². The third kappa shape index (κ3) is 7.51. The van der Waals surface area contributed by atoms with Crippen molar-refractivity contribution in [1.82, 2.24) is 15.4 Å². The van der Waals surface area contributed by atoms with Crippen LogP contribution in [0.25, 0.3) is 0 Å². The summed E-state index contributed by atoms with van der Waals surface area (Å²) in [7, 11) is -1.87. The lowest BCUT2D eigenvalue weighted by atomic mass is 9.85. The van der Waals surface area contributed by atoms with Gasteiger partial charge in [-0.25, -0.2) is 18.1 Å². The Morgan fingerprint density at radius 3 is 2.34 bits per heavy atom. The molecule has 29 heavy (non-hydrogen) atoms. The second-order valence-corrected chi connectivity index (χ2v) is 9.51. The van der Waals surface area contributed by atoms with Gasteiger partial charge in [-0.15, -0.1) is 0 Å². The monoisotopic (exact) mass is 416 g/mol. The molecule has 3 N–H and O–H groups in total. The largest absolute Gasteiger partial charge is 0.357 e. The van der Waals surface area contributed by atoms with Crippen molar-refractivity contribution >= 4 is 16.0 Å². The Labute approximate surface area is 174 Å².